The zero-order chi connectivity index (χ0) is 13.7. The lowest BCUT2D eigenvalue weighted by Gasteiger charge is -2.18. The minimum absolute atomic E-state index is 0.00373. The third-order valence-corrected chi connectivity index (χ3v) is 3.05. The number of alkyl halides is 1. The quantitative estimate of drug-likeness (QED) is 0.807. The molecule has 0 aliphatic carbocycles. The summed E-state index contributed by atoms with van der Waals surface area (Å²) >= 11 is 5.84. The summed E-state index contributed by atoms with van der Waals surface area (Å²) in [5, 5.41) is 12.5. The van der Waals surface area contributed by atoms with Gasteiger partial charge in [0.15, 0.2) is 0 Å². The minimum Gasteiger partial charge on any atom is -0.507 e. The van der Waals surface area contributed by atoms with Crippen molar-refractivity contribution in [3.8, 4) is 5.75 Å². The number of nitrogens with one attached hydrogen (secondary N) is 1. The second-order valence-electron chi connectivity index (χ2n) is 4.97. The molecule has 1 unspecified atom stereocenters. The highest BCUT2D eigenvalue weighted by Gasteiger charge is 2.16. The lowest BCUT2D eigenvalue weighted by Crippen LogP contribution is -2.37. The predicted octanol–water partition coefficient (Wildman–Crippen LogP) is 3.08. The molecule has 0 saturated heterocycles. The molecule has 1 aromatic carbocycles. The van der Waals surface area contributed by atoms with Crippen molar-refractivity contribution in [3.05, 3.63) is 29.3 Å². The number of amides is 1. The van der Waals surface area contributed by atoms with Crippen LogP contribution in [0.3, 0.4) is 0 Å². The molecule has 18 heavy (non-hydrogen) atoms. The van der Waals surface area contributed by atoms with Gasteiger partial charge in [0.1, 0.15) is 5.75 Å². The maximum absolute atomic E-state index is 12.0. The summed E-state index contributed by atoms with van der Waals surface area (Å²) < 4.78 is 0. The Hall–Kier alpha value is -1.22. The average Bonchev–Trinajstić information content (AvgIpc) is 2.30. The van der Waals surface area contributed by atoms with Gasteiger partial charge in [-0.2, -0.15) is 0 Å². The summed E-state index contributed by atoms with van der Waals surface area (Å²) in [7, 11) is 0. The third kappa shape index (κ3) is 4.22. The summed E-state index contributed by atoms with van der Waals surface area (Å²) in [4.78, 5) is 12.0. The topological polar surface area (TPSA) is 49.3 Å². The van der Waals surface area contributed by atoms with Crippen molar-refractivity contribution < 1.29 is 9.90 Å². The Morgan fingerprint density at radius 1 is 1.44 bits per heavy atom. The van der Waals surface area contributed by atoms with E-state index in [-0.39, 0.29) is 17.7 Å². The number of carbonyl (C=O) groups is 1. The van der Waals surface area contributed by atoms with E-state index < -0.39 is 0 Å². The molecule has 0 aliphatic rings. The van der Waals surface area contributed by atoms with Crippen LogP contribution < -0.4 is 5.32 Å². The van der Waals surface area contributed by atoms with E-state index >= 15 is 0 Å². The van der Waals surface area contributed by atoms with E-state index in [1.165, 1.54) is 6.07 Å². The van der Waals surface area contributed by atoms with Crippen LogP contribution in [0.1, 0.15) is 36.2 Å². The second-order valence-corrected chi connectivity index (χ2v) is 5.28. The number of phenolic OH excluding ortho intramolecular Hbond substituents is 1. The van der Waals surface area contributed by atoms with Gasteiger partial charge in [-0.3, -0.25) is 4.79 Å². The Labute approximate surface area is 113 Å². The van der Waals surface area contributed by atoms with Crippen molar-refractivity contribution in [2.45, 2.75) is 33.2 Å². The average molecular weight is 270 g/mol. The summed E-state index contributed by atoms with van der Waals surface area (Å²) in [5.41, 5.74) is 1.23. The highest BCUT2D eigenvalue weighted by Crippen LogP contribution is 2.18. The van der Waals surface area contributed by atoms with E-state index in [1.54, 1.807) is 12.1 Å². The van der Waals surface area contributed by atoms with Gasteiger partial charge >= 0.3 is 0 Å². The molecule has 1 aromatic rings. The van der Waals surface area contributed by atoms with Crippen molar-refractivity contribution in [3.63, 3.8) is 0 Å². The molecule has 1 amide bonds. The Balaban J connectivity index is 2.77. The number of carbonyl (C=O) groups excluding carboxylic acids is 1. The number of rotatable bonds is 5. The van der Waals surface area contributed by atoms with Crippen LogP contribution in [0.4, 0.5) is 0 Å². The highest BCUT2D eigenvalue weighted by atomic mass is 35.5. The molecule has 0 aromatic heterocycles. The maximum Gasteiger partial charge on any atom is 0.255 e. The van der Waals surface area contributed by atoms with Crippen molar-refractivity contribution in [2.75, 3.05) is 5.88 Å². The summed E-state index contributed by atoms with van der Waals surface area (Å²) in [6, 6.07) is 4.89. The van der Waals surface area contributed by atoms with Crippen molar-refractivity contribution in [2.24, 2.45) is 5.92 Å². The first-order valence-electron chi connectivity index (χ1n) is 6.10. The zero-order valence-corrected chi connectivity index (χ0v) is 11.8. The van der Waals surface area contributed by atoms with Crippen LogP contribution in [0.5, 0.6) is 5.75 Å². The minimum atomic E-state index is -0.275. The van der Waals surface area contributed by atoms with E-state index in [0.29, 0.717) is 17.4 Å². The molecule has 3 nitrogen and oxygen atoms in total. The smallest absolute Gasteiger partial charge is 0.255 e. The first kappa shape index (κ1) is 14.8. The molecule has 1 atom stereocenters. The lowest BCUT2D eigenvalue weighted by atomic mass is 10.0. The van der Waals surface area contributed by atoms with Gasteiger partial charge in [-0.05, 0) is 31.4 Å². The molecule has 0 heterocycles. The summed E-state index contributed by atoms with van der Waals surface area (Å²) in [5.74, 6) is 0.551. The number of aryl methyl sites for hydroxylation is 1. The van der Waals surface area contributed by atoms with Crippen LogP contribution in [-0.4, -0.2) is 22.9 Å². The fourth-order valence-electron chi connectivity index (χ4n) is 1.82. The van der Waals surface area contributed by atoms with E-state index in [0.717, 1.165) is 12.0 Å². The number of hydrogen-bond donors (Lipinski definition) is 2. The van der Waals surface area contributed by atoms with Gasteiger partial charge in [0.05, 0.1) is 5.56 Å². The SMILES string of the molecule is Cc1ccc(O)c(C(=O)NC(CCl)CC(C)C)c1. The molecule has 0 bridgehead atoms. The Bertz CT molecular complexity index is 418. The highest BCUT2D eigenvalue weighted by molar-refractivity contribution is 6.18. The third-order valence-electron chi connectivity index (χ3n) is 2.67. The van der Waals surface area contributed by atoms with Gasteiger partial charge in [0, 0.05) is 11.9 Å². The van der Waals surface area contributed by atoms with Crippen molar-refractivity contribution >= 4 is 17.5 Å². The van der Waals surface area contributed by atoms with Crippen LogP contribution >= 0.6 is 11.6 Å². The standard InChI is InChI=1S/C14H20ClNO2/c1-9(2)6-11(8-15)16-14(18)12-7-10(3)4-5-13(12)17/h4-5,7,9,11,17H,6,8H2,1-3H3,(H,16,18). The molecule has 4 heteroatoms. The van der Waals surface area contributed by atoms with E-state index in [9.17, 15) is 9.90 Å². The van der Waals surface area contributed by atoms with Crippen LogP contribution in [0.25, 0.3) is 0 Å². The Morgan fingerprint density at radius 2 is 2.11 bits per heavy atom. The lowest BCUT2D eigenvalue weighted by molar-refractivity contribution is 0.0934. The second kappa shape index (κ2) is 6.64. The van der Waals surface area contributed by atoms with Gasteiger partial charge < -0.3 is 10.4 Å². The molecule has 0 radical (unpaired) electrons. The molecule has 0 aliphatic heterocycles. The first-order chi connectivity index (χ1) is 8.43. The largest absolute Gasteiger partial charge is 0.507 e. The van der Waals surface area contributed by atoms with Gasteiger partial charge in [0.25, 0.3) is 5.91 Å². The van der Waals surface area contributed by atoms with Crippen molar-refractivity contribution in [1.29, 1.82) is 0 Å². The molecule has 2 N–H and O–H groups in total. The van der Waals surface area contributed by atoms with E-state index in [1.807, 2.05) is 6.92 Å². The molecule has 100 valence electrons. The predicted molar refractivity (Wildman–Crippen MR) is 74.3 cm³/mol. The van der Waals surface area contributed by atoms with Crippen LogP contribution in [0, 0.1) is 12.8 Å². The monoisotopic (exact) mass is 269 g/mol. The molecular formula is C14H20ClNO2. The van der Waals surface area contributed by atoms with Gasteiger partial charge in [-0.25, -0.2) is 0 Å². The molecule has 0 saturated carbocycles. The van der Waals surface area contributed by atoms with E-state index in [2.05, 4.69) is 19.2 Å². The fraction of sp³-hybridized carbons (Fsp3) is 0.500. The van der Waals surface area contributed by atoms with Crippen LogP contribution in [0.2, 0.25) is 0 Å². The number of hydrogen-bond acceptors (Lipinski definition) is 2. The maximum atomic E-state index is 12.0. The van der Waals surface area contributed by atoms with Crippen LogP contribution in [-0.2, 0) is 0 Å². The fourth-order valence-corrected chi connectivity index (χ4v) is 2.03. The number of benzene rings is 1. The molecule has 0 fully saturated rings. The molecule has 1 rings (SSSR count). The van der Waals surface area contributed by atoms with Crippen molar-refractivity contribution in [1.82, 2.24) is 5.32 Å². The van der Waals surface area contributed by atoms with Crippen LogP contribution in [0.15, 0.2) is 18.2 Å². The number of halogens is 1. The molecular weight excluding hydrogens is 250 g/mol. The number of phenols is 1. The Morgan fingerprint density at radius 3 is 2.67 bits per heavy atom. The van der Waals surface area contributed by atoms with Gasteiger partial charge in [-0.15, -0.1) is 11.6 Å². The van der Waals surface area contributed by atoms with E-state index in [4.69, 9.17) is 11.6 Å². The first-order valence-corrected chi connectivity index (χ1v) is 6.64. The molecule has 0 spiro atoms. The number of aromatic hydroxyl groups is 1. The summed E-state index contributed by atoms with van der Waals surface area (Å²) in [6.07, 6.45) is 0.821. The Kier molecular flexibility index (Phi) is 5.48. The normalized spacial score (nSPS) is 12.5. The van der Waals surface area contributed by atoms with Gasteiger partial charge in [0.2, 0.25) is 0 Å². The zero-order valence-electron chi connectivity index (χ0n) is 11.0. The van der Waals surface area contributed by atoms with Gasteiger partial charge in [-0.1, -0.05) is 25.5 Å². The summed E-state index contributed by atoms with van der Waals surface area (Å²) in [6.45, 7) is 6.04.